The van der Waals surface area contributed by atoms with Crippen LogP contribution in [0.3, 0.4) is 0 Å². The van der Waals surface area contributed by atoms with Crippen LogP contribution >= 0.6 is 0 Å². The lowest BCUT2D eigenvalue weighted by Crippen LogP contribution is -2.37. The molecule has 0 bridgehead atoms. The number of carbonyl (C=O) groups is 2. The molecular formula is C32H34N6O6. The van der Waals surface area contributed by atoms with E-state index in [0.29, 0.717) is 37.6 Å². The quantitative estimate of drug-likeness (QED) is 0.343. The highest BCUT2D eigenvalue weighted by molar-refractivity contribution is 6.01. The summed E-state index contributed by atoms with van der Waals surface area (Å²) in [7, 11) is 0. The van der Waals surface area contributed by atoms with Gasteiger partial charge >= 0.3 is 0 Å². The number of nitrogens with zero attached hydrogens (tertiary/aromatic N) is 6. The van der Waals surface area contributed by atoms with E-state index in [1.165, 1.54) is 12.4 Å². The number of hydrogen-bond donors (Lipinski definition) is 2. The molecule has 2 fully saturated rings. The molecule has 2 aromatic heterocycles. The average Bonchev–Trinajstić information content (AvgIpc) is 3.08. The summed E-state index contributed by atoms with van der Waals surface area (Å²) in [5.74, 6) is -0.757. The van der Waals surface area contributed by atoms with Gasteiger partial charge in [0.25, 0.3) is 11.8 Å². The second-order valence-corrected chi connectivity index (χ2v) is 9.87. The van der Waals surface area contributed by atoms with Crippen molar-refractivity contribution in [3.05, 3.63) is 119 Å². The Labute approximate surface area is 253 Å². The zero-order chi connectivity index (χ0) is 30.7. The first-order valence-electron chi connectivity index (χ1n) is 14.3. The topological polar surface area (TPSA) is 134 Å². The third-order valence-corrected chi connectivity index (χ3v) is 7.04. The van der Waals surface area contributed by atoms with E-state index in [2.05, 4.69) is 19.8 Å². The van der Waals surface area contributed by atoms with E-state index in [4.69, 9.17) is 9.47 Å². The van der Waals surface area contributed by atoms with E-state index in [1.54, 1.807) is 48.5 Å². The van der Waals surface area contributed by atoms with Crippen LogP contribution in [-0.4, -0.2) is 84.3 Å². The van der Waals surface area contributed by atoms with Crippen molar-refractivity contribution in [1.29, 1.82) is 0 Å². The Kier molecular flexibility index (Phi) is 10.2. The highest BCUT2D eigenvalue weighted by Gasteiger charge is 2.19. The highest BCUT2D eigenvalue weighted by Crippen LogP contribution is 2.23. The first-order valence-corrected chi connectivity index (χ1v) is 14.3. The smallest absolute Gasteiger partial charge is 0.281 e. The van der Waals surface area contributed by atoms with Crippen molar-refractivity contribution in [2.75, 3.05) is 62.4 Å². The minimum Gasteiger partial charge on any atom is -0.427 e. The number of anilines is 2. The molecule has 0 saturated carbocycles. The number of aromatic nitrogens is 2. The van der Waals surface area contributed by atoms with Gasteiger partial charge in [-0.15, -0.1) is 0 Å². The van der Waals surface area contributed by atoms with E-state index in [0.717, 1.165) is 47.0 Å². The van der Waals surface area contributed by atoms with Crippen molar-refractivity contribution in [2.45, 2.75) is 0 Å². The van der Waals surface area contributed by atoms with Crippen LogP contribution < -0.4 is 20.8 Å². The number of para-hydroxylation sites is 2. The minimum absolute atomic E-state index is 0.198. The molecule has 4 heterocycles. The second kappa shape index (κ2) is 14.8. The van der Waals surface area contributed by atoms with Gasteiger partial charge in [-0.1, -0.05) is 36.4 Å². The van der Waals surface area contributed by atoms with Crippen molar-refractivity contribution < 1.29 is 29.5 Å². The molecule has 12 heteroatoms. The number of morpholine rings is 2. The maximum atomic E-state index is 12.5. The third kappa shape index (κ3) is 7.60. The summed E-state index contributed by atoms with van der Waals surface area (Å²) in [6.45, 7) is 5.57. The van der Waals surface area contributed by atoms with Crippen LogP contribution in [0, 0.1) is 0 Å². The van der Waals surface area contributed by atoms with Gasteiger partial charge in [-0.3, -0.25) is 9.59 Å². The molecule has 6 rings (SSSR count). The fourth-order valence-corrected chi connectivity index (χ4v) is 4.83. The summed E-state index contributed by atoms with van der Waals surface area (Å²) in [6.07, 6.45) is 2.86. The number of rotatable bonds is 4. The van der Waals surface area contributed by atoms with Crippen molar-refractivity contribution in [2.24, 2.45) is 9.98 Å². The van der Waals surface area contributed by atoms with Crippen LogP contribution in [0.15, 0.2) is 107 Å². The van der Waals surface area contributed by atoms with Crippen LogP contribution in [0.25, 0.3) is 0 Å². The van der Waals surface area contributed by atoms with Gasteiger partial charge in [0.15, 0.2) is 11.0 Å². The van der Waals surface area contributed by atoms with Gasteiger partial charge in [0, 0.05) is 49.9 Å². The van der Waals surface area contributed by atoms with Gasteiger partial charge in [-0.2, -0.15) is 19.4 Å². The predicted molar refractivity (Wildman–Crippen MR) is 162 cm³/mol. The predicted octanol–water partition coefficient (Wildman–Crippen LogP) is 2.61. The third-order valence-electron chi connectivity index (χ3n) is 7.04. The molecule has 2 aliphatic rings. The molecule has 2 amide bonds. The molecule has 0 aliphatic carbocycles. The SMILES string of the molecule is O=C(N=c1ccccn1O)c1ccccc1N1CCOCC1.O=C(N=c1ccccn1O)c1ccccc1N1CCOCC1. The molecular weight excluding hydrogens is 564 g/mol. The first-order chi connectivity index (χ1) is 21.5. The molecule has 4 aromatic rings. The lowest BCUT2D eigenvalue weighted by molar-refractivity contribution is 0.0979. The van der Waals surface area contributed by atoms with E-state index in [1.807, 2.05) is 36.4 Å². The molecule has 2 N–H and O–H groups in total. The largest absolute Gasteiger partial charge is 0.427 e. The molecule has 228 valence electrons. The summed E-state index contributed by atoms with van der Waals surface area (Å²) in [4.78, 5) is 37.2. The maximum absolute atomic E-state index is 12.5. The van der Waals surface area contributed by atoms with Gasteiger partial charge in [0.2, 0.25) is 0 Å². The van der Waals surface area contributed by atoms with Crippen LogP contribution in [0.1, 0.15) is 20.7 Å². The van der Waals surface area contributed by atoms with Gasteiger partial charge < -0.3 is 29.7 Å². The summed E-state index contributed by atoms with van der Waals surface area (Å²) in [5.41, 5.74) is 3.13. The van der Waals surface area contributed by atoms with Gasteiger partial charge in [0.1, 0.15) is 0 Å². The maximum Gasteiger partial charge on any atom is 0.281 e. The zero-order valence-electron chi connectivity index (χ0n) is 24.1. The van der Waals surface area contributed by atoms with Crippen molar-refractivity contribution in [1.82, 2.24) is 9.46 Å². The average molecular weight is 599 g/mol. The normalized spacial score (nSPS) is 15.8. The van der Waals surface area contributed by atoms with E-state index < -0.39 is 0 Å². The number of hydrogen-bond acceptors (Lipinski definition) is 8. The summed E-state index contributed by atoms with van der Waals surface area (Å²) < 4.78 is 12.4. The van der Waals surface area contributed by atoms with Crippen LogP contribution in [0.2, 0.25) is 0 Å². The highest BCUT2D eigenvalue weighted by atomic mass is 16.5. The Balaban J connectivity index is 0.000000175. The molecule has 2 aromatic carbocycles. The van der Waals surface area contributed by atoms with Crippen molar-refractivity contribution in [3.63, 3.8) is 0 Å². The fraction of sp³-hybridized carbons (Fsp3) is 0.250. The van der Waals surface area contributed by atoms with Crippen LogP contribution in [-0.2, 0) is 9.47 Å². The monoisotopic (exact) mass is 598 g/mol. The van der Waals surface area contributed by atoms with E-state index in [9.17, 15) is 20.0 Å². The van der Waals surface area contributed by atoms with Crippen LogP contribution in [0.5, 0.6) is 0 Å². The van der Waals surface area contributed by atoms with Gasteiger partial charge in [-0.05, 0) is 48.5 Å². The first kappa shape index (κ1) is 30.3. The van der Waals surface area contributed by atoms with Gasteiger partial charge in [0.05, 0.1) is 37.6 Å². The number of carbonyl (C=O) groups excluding carboxylic acids is 2. The van der Waals surface area contributed by atoms with Gasteiger partial charge in [-0.25, -0.2) is 0 Å². The number of pyridine rings is 2. The zero-order valence-corrected chi connectivity index (χ0v) is 24.1. The number of benzene rings is 2. The molecule has 0 unspecified atom stereocenters. The Morgan fingerprint density at radius 2 is 0.909 bits per heavy atom. The molecule has 44 heavy (non-hydrogen) atoms. The molecule has 0 spiro atoms. The fourth-order valence-electron chi connectivity index (χ4n) is 4.83. The Morgan fingerprint density at radius 3 is 1.30 bits per heavy atom. The molecule has 2 saturated heterocycles. The minimum atomic E-state index is -0.379. The molecule has 2 aliphatic heterocycles. The summed E-state index contributed by atoms with van der Waals surface area (Å²) in [6, 6.07) is 24.6. The molecule has 0 radical (unpaired) electrons. The van der Waals surface area contributed by atoms with E-state index in [-0.39, 0.29) is 22.8 Å². The second-order valence-electron chi connectivity index (χ2n) is 9.87. The van der Waals surface area contributed by atoms with E-state index >= 15 is 0 Å². The standard InChI is InChI=1S/2C16H17N3O3/c2*20-16(17-15-7-3-4-8-19(15)21)13-5-1-2-6-14(13)18-9-11-22-12-10-18/h2*1-8,21H,9-12H2. The Bertz CT molecular complexity index is 1590. The summed E-state index contributed by atoms with van der Waals surface area (Å²) in [5, 5.41) is 19.3. The van der Waals surface area contributed by atoms with Crippen molar-refractivity contribution >= 4 is 23.2 Å². The lowest BCUT2D eigenvalue weighted by Gasteiger charge is -2.29. The Morgan fingerprint density at radius 1 is 0.545 bits per heavy atom. The summed E-state index contributed by atoms with van der Waals surface area (Å²) >= 11 is 0. The number of ether oxygens (including phenoxy) is 2. The Hall–Kier alpha value is -5.20. The molecule has 12 nitrogen and oxygen atoms in total. The van der Waals surface area contributed by atoms with Crippen molar-refractivity contribution in [3.8, 4) is 0 Å². The number of amides is 2. The van der Waals surface area contributed by atoms with Crippen LogP contribution in [0.4, 0.5) is 11.4 Å². The molecule has 0 atom stereocenters. The lowest BCUT2D eigenvalue weighted by atomic mass is 10.1.